The smallest absolute Gasteiger partial charge is 0.323 e. The second-order valence-electron chi connectivity index (χ2n) is 6.81. The Bertz CT molecular complexity index is 1060. The molecule has 1 aromatic heterocycles. The number of fused-ring (bicyclic) bond motifs is 1. The van der Waals surface area contributed by atoms with E-state index < -0.39 is 17.5 Å². The van der Waals surface area contributed by atoms with Crippen molar-refractivity contribution >= 4 is 17.8 Å². The van der Waals surface area contributed by atoms with Crippen molar-refractivity contribution in [2.24, 2.45) is 0 Å². The summed E-state index contributed by atoms with van der Waals surface area (Å²) in [6.45, 7) is 0.352. The van der Waals surface area contributed by atoms with E-state index >= 15 is 0 Å². The van der Waals surface area contributed by atoms with E-state index in [1.54, 1.807) is 30.6 Å². The lowest BCUT2D eigenvalue weighted by molar-refractivity contribution is -0.122. The molecule has 1 saturated heterocycles. The molecule has 4 rings (SSSR count). The highest BCUT2D eigenvalue weighted by molar-refractivity contribution is 6.10. The highest BCUT2D eigenvalue weighted by Gasteiger charge is 2.47. The summed E-state index contributed by atoms with van der Waals surface area (Å²) < 4.78 is 5.22. The van der Waals surface area contributed by atoms with E-state index in [4.69, 9.17) is 4.74 Å². The number of methoxy groups -OCH3 is 1. The maximum Gasteiger partial charge on any atom is 0.323 e. The molecule has 29 heavy (non-hydrogen) atoms. The van der Waals surface area contributed by atoms with Gasteiger partial charge in [-0.15, -0.1) is 0 Å². The van der Waals surface area contributed by atoms with Crippen LogP contribution in [0.1, 0.15) is 21.5 Å². The van der Waals surface area contributed by atoms with E-state index in [-0.39, 0.29) is 12.5 Å². The Morgan fingerprint density at radius 3 is 2.83 bits per heavy atom. The van der Waals surface area contributed by atoms with Gasteiger partial charge in [-0.25, -0.2) is 4.79 Å². The number of carbonyl (C=O) groups excluding carboxylic acids is 3. The van der Waals surface area contributed by atoms with E-state index in [1.165, 1.54) is 12.0 Å². The molecule has 1 fully saturated rings. The number of hydrogen-bond acceptors (Lipinski definition) is 5. The number of amides is 4. The van der Waals surface area contributed by atoms with Crippen molar-refractivity contribution in [1.82, 2.24) is 20.5 Å². The first-order valence-electron chi connectivity index (χ1n) is 9.04. The SMILES string of the molecule is COc1ccc2c(c1)C(=O)N(C[C@@]1(C#Cc3cccnc3)NC(=O)NC1=O)CC2. The largest absolute Gasteiger partial charge is 0.497 e. The molecule has 2 aliphatic heterocycles. The number of rotatable bonds is 3. The molecule has 0 bridgehead atoms. The van der Waals surface area contributed by atoms with Crippen LogP contribution in [0.5, 0.6) is 5.75 Å². The highest BCUT2D eigenvalue weighted by atomic mass is 16.5. The second-order valence-corrected chi connectivity index (χ2v) is 6.81. The van der Waals surface area contributed by atoms with Crippen molar-refractivity contribution in [3.05, 3.63) is 59.4 Å². The Morgan fingerprint density at radius 1 is 1.28 bits per heavy atom. The number of hydrogen-bond donors (Lipinski definition) is 2. The van der Waals surface area contributed by atoms with Gasteiger partial charge in [-0.2, -0.15) is 0 Å². The Kier molecular flexibility index (Phi) is 4.64. The third-order valence-electron chi connectivity index (χ3n) is 4.94. The molecule has 0 radical (unpaired) electrons. The number of nitrogens with one attached hydrogen (secondary N) is 2. The number of pyridine rings is 1. The van der Waals surface area contributed by atoms with Crippen molar-refractivity contribution in [2.75, 3.05) is 20.2 Å². The van der Waals surface area contributed by atoms with E-state index in [0.29, 0.717) is 29.8 Å². The number of benzene rings is 1. The van der Waals surface area contributed by atoms with Crippen molar-refractivity contribution < 1.29 is 19.1 Å². The van der Waals surface area contributed by atoms with Crippen molar-refractivity contribution in [1.29, 1.82) is 0 Å². The summed E-state index contributed by atoms with van der Waals surface area (Å²) in [6.07, 6.45) is 3.81. The second kappa shape index (κ2) is 7.28. The van der Waals surface area contributed by atoms with Gasteiger partial charge < -0.3 is 15.0 Å². The number of nitrogens with zero attached hydrogens (tertiary/aromatic N) is 2. The van der Waals surface area contributed by atoms with Crippen LogP contribution in [0.4, 0.5) is 4.79 Å². The molecule has 1 aromatic carbocycles. The summed E-state index contributed by atoms with van der Waals surface area (Å²) in [5.74, 6) is 5.49. The molecule has 2 aromatic rings. The van der Waals surface area contributed by atoms with Crippen LogP contribution >= 0.6 is 0 Å². The molecule has 8 nitrogen and oxygen atoms in total. The molecule has 4 amide bonds. The van der Waals surface area contributed by atoms with Crippen LogP contribution in [0, 0.1) is 11.8 Å². The van der Waals surface area contributed by atoms with Gasteiger partial charge in [0.2, 0.25) is 5.54 Å². The summed E-state index contributed by atoms with van der Waals surface area (Å²) in [5.41, 5.74) is 0.512. The Morgan fingerprint density at radius 2 is 2.14 bits per heavy atom. The zero-order chi connectivity index (χ0) is 20.4. The van der Waals surface area contributed by atoms with Crippen molar-refractivity contribution in [2.45, 2.75) is 12.0 Å². The maximum atomic E-state index is 13.0. The lowest BCUT2D eigenvalue weighted by atomic mass is 9.94. The van der Waals surface area contributed by atoms with E-state index in [2.05, 4.69) is 27.5 Å². The van der Waals surface area contributed by atoms with Crippen LogP contribution in [0.15, 0.2) is 42.7 Å². The minimum absolute atomic E-state index is 0.0622. The third kappa shape index (κ3) is 3.50. The third-order valence-corrected chi connectivity index (χ3v) is 4.94. The first-order valence-corrected chi connectivity index (χ1v) is 9.04. The molecular weight excluding hydrogens is 372 g/mol. The molecule has 146 valence electrons. The normalized spacial score (nSPS) is 20.3. The lowest BCUT2D eigenvalue weighted by Gasteiger charge is -2.33. The predicted octanol–water partition coefficient (Wildman–Crippen LogP) is 0.718. The van der Waals surface area contributed by atoms with Gasteiger partial charge in [0.05, 0.1) is 13.7 Å². The van der Waals surface area contributed by atoms with E-state index in [0.717, 1.165) is 5.56 Å². The molecule has 0 spiro atoms. The van der Waals surface area contributed by atoms with Gasteiger partial charge in [0.15, 0.2) is 0 Å². The van der Waals surface area contributed by atoms with Gasteiger partial charge >= 0.3 is 6.03 Å². The molecule has 2 aliphatic rings. The molecule has 2 N–H and O–H groups in total. The standard InChI is InChI=1S/C21H18N4O4/c1-29-16-5-4-15-7-10-25(18(26)17(15)11-16)13-21(19(27)23-20(28)24-21)8-6-14-3-2-9-22-12-14/h2-5,9,11-12H,7,10,13H2,1H3,(H2,23,24,27,28)/t21-/m1/s1. The van der Waals surface area contributed by atoms with Crippen LogP contribution in [0.25, 0.3) is 0 Å². The minimum atomic E-state index is -1.53. The summed E-state index contributed by atoms with van der Waals surface area (Å²) in [4.78, 5) is 43.0. The summed E-state index contributed by atoms with van der Waals surface area (Å²) in [6, 6.07) is 8.20. The Labute approximate surface area is 167 Å². The van der Waals surface area contributed by atoms with Crippen molar-refractivity contribution in [3.8, 4) is 17.6 Å². The minimum Gasteiger partial charge on any atom is -0.497 e. The van der Waals surface area contributed by atoms with Crippen LogP contribution in [-0.2, 0) is 11.2 Å². The first-order chi connectivity index (χ1) is 14.0. The van der Waals surface area contributed by atoms with Crippen LogP contribution in [-0.4, -0.2) is 53.5 Å². The zero-order valence-corrected chi connectivity index (χ0v) is 15.7. The molecule has 0 saturated carbocycles. The maximum absolute atomic E-state index is 13.0. The number of aromatic nitrogens is 1. The van der Waals surface area contributed by atoms with E-state index in [1.807, 2.05) is 12.1 Å². The molecule has 3 heterocycles. The average Bonchev–Trinajstić information content (AvgIpc) is 3.02. The molecular formula is C21H18N4O4. The fourth-order valence-corrected chi connectivity index (χ4v) is 3.41. The van der Waals surface area contributed by atoms with Crippen LogP contribution < -0.4 is 15.4 Å². The topological polar surface area (TPSA) is 101 Å². The van der Waals surface area contributed by atoms with Crippen LogP contribution in [0.3, 0.4) is 0 Å². The fraction of sp³-hybridized carbons (Fsp3) is 0.238. The van der Waals surface area contributed by atoms with Gasteiger partial charge in [0, 0.05) is 30.1 Å². The van der Waals surface area contributed by atoms with Gasteiger partial charge in [0.25, 0.3) is 11.8 Å². The fourth-order valence-electron chi connectivity index (χ4n) is 3.41. The monoisotopic (exact) mass is 390 g/mol. The summed E-state index contributed by atoms with van der Waals surface area (Å²) in [5, 5.41) is 4.81. The Balaban J connectivity index is 1.65. The van der Waals surface area contributed by atoms with Crippen molar-refractivity contribution in [3.63, 3.8) is 0 Å². The highest BCUT2D eigenvalue weighted by Crippen LogP contribution is 2.25. The number of imide groups is 1. The molecule has 1 atom stereocenters. The molecule has 8 heteroatoms. The number of urea groups is 1. The Hall–Kier alpha value is -3.86. The van der Waals surface area contributed by atoms with Crippen LogP contribution in [0.2, 0.25) is 0 Å². The summed E-state index contributed by atoms with van der Waals surface area (Å²) >= 11 is 0. The van der Waals surface area contributed by atoms with Gasteiger partial charge in [-0.1, -0.05) is 17.9 Å². The average molecular weight is 390 g/mol. The van der Waals surface area contributed by atoms with Gasteiger partial charge in [0.1, 0.15) is 5.75 Å². The van der Waals surface area contributed by atoms with Gasteiger partial charge in [-0.3, -0.25) is 19.9 Å². The molecule has 0 unspecified atom stereocenters. The lowest BCUT2D eigenvalue weighted by Crippen LogP contribution is -2.56. The first kappa shape index (κ1) is 18.5. The van der Waals surface area contributed by atoms with E-state index in [9.17, 15) is 14.4 Å². The summed E-state index contributed by atoms with van der Waals surface area (Å²) in [7, 11) is 1.54. The molecule has 0 aliphatic carbocycles. The zero-order valence-electron chi connectivity index (χ0n) is 15.7. The number of carbonyl (C=O) groups is 3. The quantitative estimate of drug-likeness (QED) is 0.594. The van der Waals surface area contributed by atoms with Gasteiger partial charge in [-0.05, 0) is 36.2 Å². The predicted molar refractivity (Wildman–Crippen MR) is 103 cm³/mol. The number of ether oxygens (including phenoxy) is 1.